The van der Waals surface area contributed by atoms with Crippen molar-refractivity contribution in [3.8, 4) is 5.82 Å². The van der Waals surface area contributed by atoms with E-state index in [2.05, 4.69) is 30.7 Å². The van der Waals surface area contributed by atoms with Crippen LogP contribution in [0.15, 0.2) is 64.4 Å². The average Bonchev–Trinajstić information content (AvgIpc) is 3.29. The van der Waals surface area contributed by atoms with Crippen LogP contribution < -0.4 is 4.72 Å². The normalized spacial score (nSPS) is 18.6. The van der Waals surface area contributed by atoms with Gasteiger partial charge in [0, 0.05) is 16.6 Å². The summed E-state index contributed by atoms with van der Waals surface area (Å²) in [5.41, 5.74) is 2.00. The van der Waals surface area contributed by atoms with Crippen molar-refractivity contribution >= 4 is 31.9 Å². The van der Waals surface area contributed by atoms with Crippen LogP contribution in [0.25, 0.3) is 5.82 Å². The van der Waals surface area contributed by atoms with Crippen LogP contribution in [0.2, 0.25) is 0 Å². The summed E-state index contributed by atoms with van der Waals surface area (Å²) in [6, 6.07) is 11.3. The van der Waals surface area contributed by atoms with E-state index in [4.69, 9.17) is 0 Å². The molecule has 1 aliphatic rings. The summed E-state index contributed by atoms with van der Waals surface area (Å²) in [5.74, 6) is -0.286. The van der Waals surface area contributed by atoms with Crippen molar-refractivity contribution in [1.29, 1.82) is 0 Å². The summed E-state index contributed by atoms with van der Waals surface area (Å²) in [4.78, 5) is 16.5. The summed E-state index contributed by atoms with van der Waals surface area (Å²) in [6.07, 6.45) is 4.81. The van der Waals surface area contributed by atoms with Crippen molar-refractivity contribution in [2.45, 2.75) is 24.2 Å². The number of nitrogens with one attached hydrogen (secondary N) is 1. The van der Waals surface area contributed by atoms with E-state index in [-0.39, 0.29) is 16.7 Å². The fourth-order valence-electron chi connectivity index (χ4n) is 3.05. The number of aromatic nitrogens is 3. The molecule has 2 atom stereocenters. The number of nitrogens with zero attached hydrogens (tertiary/aromatic N) is 3. The molecule has 4 rings (SSSR count). The molecule has 2 heterocycles. The van der Waals surface area contributed by atoms with E-state index in [0.717, 1.165) is 15.6 Å². The number of carbonyl (C=O) groups excluding carboxylic acids is 1. The zero-order valence-electron chi connectivity index (χ0n) is 14.9. The van der Waals surface area contributed by atoms with Crippen molar-refractivity contribution in [2.24, 2.45) is 5.92 Å². The van der Waals surface area contributed by atoms with Gasteiger partial charge in [-0.25, -0.2) is 22.8 Å². The number of halogens is 1. The maximum absolute atomic E-state index is 12.6. The lowest BCUT2D eigenvalue weighted by atomic mass is 10.1. The van der Waals surface area contributed by atoms with Gasteiger partial charge in [-0.1, -0.05) is 28.1 Å². The molecule has 9 heteroatoms. The molecule has 0 unspecified atom stereocenters. The molecule has 0 aliphatic heterocycles. The van der Waals surface area contributed by atoms with Gasteiger partial charge in [-0.05, 0) is 54.7 Å². The number of sulfonamides is 1. The first-order chi connectivity index (χ1) is 13.3. The number of hydrogen-bond acceptors (Lipinski definition) is 5. The maximum atomic E-state index is 12.6. The molecule has 0 spiro atoms. The Morgan fingerprint density at radius 1 is 1.25 bits per heavy atom. The van der Waals surface area contributed by atoms with Gasteiger partial charge < -0.3 is 0 Å². The van der Waals surface area contributed by atoms with Crippen LogP contribution in [0.4, 0.5) is 0 Å². The number of pyridine rings is 1. The Morgan fingerprint density at radius 3 is 2.71 bits per heavy atom. The van der Waals surface area contributed by atoms with Gasteiger partial charge in [0.25, 0.3) is 10.0 Å². The monoisotopic (exact) mass is 460 g/mol. The predicted octanol–water partition coefficient (Wildman–Crippen LogP) is 2.95. The van der Waals surface area contributed by atoms with Gasteiger partial charge in [-0.15, -0.1) is 0 Å². The van der Waals surface area contributed by atoms with Gasteiger partial charge in [0.05, 0.1) is 12.4 Å². The minimum absolute atomic E-state index is 0.0440. The van der Waals surface area contributed by atoms with Gasteiger partial charge in [-0.3, -0.25) is 4.79 Å². The van der Waals surface area contributed by atoms with Gasteiger partial charge >= 0.3 is 0 Å². The van der Waals surface area contributed by atoms with E-state index in [1.807, 2.05) is 37.3 Å². The van der Waals surface area contributed by atoms with Crippen molar-refractivity contribution < 1.29 is 13.2 Å². The SMILES string of the molecule is Cc1ccnc(-n2cc(S(=O)(=O)NC(=O)[C@@H]3C[C@H]3c3ccc(Br)cc3)cn2)c1. The molecule has 1 saturated carbocycles. The lowest BCUT2D eigenvalue weighted by molar-refractivity contribution is -0.120. The summed E-state index contributed by atoms with van der Waals surface area (Å²) in [5, 5.41) is 4.05. The van der Waals surface area contributed by atoms with E-state index >= 15 is 0 Å². The number of amides is 1. The second kappa shape index (κ2) is 7.14. The molecular weight excluding hydrogens is 444 g/mol. The number of hydrogen-bond donors (Lipinski definition) is 1. The molecule has 3 aromatic rings. The number of benzene rings is 1. The van der Waals surface area contributed by atoms with Crippen molar-refractivity contribution in [1.82, 2.24) is 19.5 Å². The quantitative estimate of drug-likeness (QED) is 0.631. The number of aryl methyl sites for hydroxylation is 1. The molecule has 1 fully saturated rings. The zero-order valence-corrected chi connectivity index (χ0v) is 17.3. The Labute approximate surface area is 171 Å². The molecular formula is C19H17BrN4O3S. The first kappa shape index (κ1) is 18.8. The van der Waals surface area contributed by atoms with Crippen LogP contribution >= 0.6 is 15.9 Å². The third-order valence-corrected chi connectivity index (χ3v) is 6.50. The predicted molar refractivity (Wildman–Crippen MR) is 106 cm³/mol. The van der Waals surface area contributed by atoms with Crippen LogP contribution in [-0.4, -0.2) is 29.1 Å². The van der Waals surface area contributed by atoms with Gasteiger partial charge in [0.2, 0.25) is 5.91 Å². The third kappa shape index (κ3) is 3.85. The van der Waals surface area contributed by atoms with Gasteiger partial charge in [-0.2, -0.15) is 5.10 Å². The molecule has 1 N–H and O–H groups in total. The van der Waals surface area contributed by atoms with Crippen LogP contribution in [0, 0.1) is 12.8 Å². The molecule has 7 nitrogen and oxygen atoms in total. The largest absolute Gasteiger partial charge is 0.274 e. The number of rotatable bonds is 5. The second-order valence-electron chi connectivity index (χ2n) is 6.78. The Kier molecular flexibility index (Phi) is 4.80. The first-order valence-electron chi connectivity index (χ1n) is 8.63. The summed E-state index contributed by atoms with van der Waals surface area (Å²) in [6.45, 7) is 1.91. The van der Waals surface area contributed by atoms with E-state index in [0.29, 0.717) is 12.2 Å². The van der Waals surface area contributed by atoms with E-state index in [1.54, 1.807) is 12.3 Å². The summed E-state index contributed by atoms with van der Waals surface area (Å²) < 4.78 is 29.6. The highest BCUT2D eigenvalue weighted by Crippen LogP contribution is 2.47. The highest BCUT2D eigenvalue weighted by Gasteiger charge is 2.45. The highest BCUT2D eigenvalue weighted by molar-refractivity contribution is 9.10. The standard InChI is InChI=1S/C19H17BrN4O3S/c1-12-6-7-21-18(8-12)24-11-15(10-22-24)28(26,27)23-19(25)17-9-16(17)13-2-4-14(20)5-3-13/h2-8,10-11,16-17H,9H2,1H3,(H,23,25)/t16-,17+/m0/s1. The Balaban J connectivity index is 1.46. The highest BCUT2D eigenvalue weighted by atomic mass is 79.9. The Hall–Kier alpha value is -2.52. The van der Waals surface area contributed by atoms with Crippen molar-refractivity contribution in [3.05, 3.63) is 70.6 Å². The fraction of sp³-hybridized carbons (Fsp3) is 0.211. The van der Waals surface area contributed by atoms with Gasteiger partial charge in [0.1, 0.15) is 4.90 Å². The lowest BCUT2D eigenvalue weighted by Crippen LogP contribution is -2.32. The minimum Gasteiger partial charge on any atom is -0.274 e. The van der Waals surface area contributed by atoms with E-state index < -0.39 is 15.9 Å². The molecule has 144 valence electrons. The molecule has 0 bridgehead atoms. The molecule has 1 aromatic carbocycles. The van der Waals surface area contributed by atoms with E-state index in [9.17, 15) is 13.2 Å². The van der Waals surface area contributed by atoms with E-state index in [1.165, 1.54) is 17.1 Å². The van der Waals surface area contributed by atoms with Gasteiger partial charge in [0.15, 0.2) is 5.82 Å². The minimum atomic E-state index is -3.99. The molecule has 1 amide bonds. The van der Waals surface area contributed by atoms with Crippen LogP contribution in [0.3, 0.4) is 0 Å². The molecule has 28 heavy (non-hydrogen) atoms. The maximum Gasteiger partial charge on any atom is 0.267 e. The third-order valence-electron chi connectivity index (χ3n) is 4.67. The average molecular weight is 461 g/mol. The molecule has 1 aliphatic carbocycles. The number of carbonyl (C=O) groups is 1. The molecule has 2 aromatic heterocycles. The van der Waals surface area contributed by atoms with Crippen molar-refractivity contribution in [3.63, 3.8) is 0 Å². The second-order valence-corrected chi connectivity index (χ2v) is 9.38. The molecule has 0 saturated heterocycles. The topological polar surface area (TPSA) is 94.0 Å². The van der Waals surface area contributed by atoms with Crippen LogP contribution in [-0.2, 0) is 14.8 Å². The fourth-order valence-corrected chi connectivity index (χ4v) is 4.27. The molecule has 0 radical (unpaired) electrons. The van der Waals surface area contributed by atoms with Crippen LogP contribution in [0.5, 0.6) is 0 Å². The van der Waals surface area contributed by atoms with Crippen LogP contribution in [0.1, 0.15) is 23.5 Å². The summed E-state index contributed by atoms with van der Waals surface area (Å²) in [7, 11) is -3.99. The first-order valence-corrected chi connectivity index (χ1v) is 10.9. The summed E-state index contributed by atoms with van der Waals surface area (Å²) >= 11 is 3.38. The Bertz CT molecular complexity index is 1140. The van der Waals surface area contributed by atoms with Crippen molar-refractivity contribution in [2.75, 3.05) is 0 Å². The zero-order chi connectivity index (χ0) is 19.9. The Morgan fingerprint density at radius 2 is 2.00 bits per heavy atom. The lowest BCUT2D eigenvalue weighted by Gasteiger charge is -2.05. The smallest absolute Gasteiger partial charge is 0.267 e.